The minimum Gasteiger partial charge on any atom is -0.480 e. The second-order valence-corrected chi connectivity index (χ2v) is 3.78. The summed E-state index contributed by atoms with van der Waals surface area (Å²) in [5, 5.41) is 13.6. The van der Waals surface area contributed by atoms with Gasteiger partial charge in [-0.25, -0.2) is 9.59 Å². The van der Waals surface area contributed by atoms with Gasteiger partial charge in [0.15, 0.2) is 0 Å². The predicted molar refractivity (Wildman–Crippen MR) is 59.5 cm³/mol. The second kappa shape index (κ2) is 7.48. The number of methoxy groups -OCH3 is 1. The molecule has 0 spiro atoms. The smallest absolute Gasteiger partial charge is 0.326 e. The van der Waals surface area contributed by atoms with Crippen LogP contribution in [0.5, 0.6) is 0 Å². The van der Waals surface area contributed by atoms with Crippen LogP contribution in [-0.4, -0.2) is 42.3 Å². The highest BCUT2D eigenvalue weighted by molar-refractivity contribution is 5.83. The third-order valence-electron chi connectivity index (χ3n) is 1.89. The Labute approximate surface area is 99.5 Å². The number of aliphatic carboxylic acids is 1. The number of carbonyl (C=O) groups is 3. The molecule has 0 aliphatic rings. The minimum absolute atomic E-state index is 0.00643. The third-order valence-corrected chi connectivity index (χ3v) is 1.89. The van der Waals surface area contributed by atoms with Crippen LogP contribution in [0, 0.1) is 0 Å². The largest absolute Gasteiger partial charge is 0.480 e. The Hall–Kier alpha value is -1.79. The fraction of sp³-hybridized carbons (Fsp3) is 0.700. The normalized spacial score (nSPS) is 11.8. The summed E-state index contributed by atoms with van der Waals surface area (Å²) in [5.41, 5.74) is 0. The van der Waals surface area contributed by atoms with Crippen LogP contribution in [0.3, 0.4) is 0 Å². The number of rotatable bonds is 6. The molecule has 0 heterocycles. The SMILES string of the molecule is COC(=O)CC[C@H](NC(=O)NC(C)C)C(=O)O. The van der Waals surface area contributed by atoms with Crippen molar-refractivity contribution in [1.82, 2.24) is 10.6 Å². The monoisotopic (exact) mass is 246 g/mol. The van der Waals surface area contributed by atoms with Gasteiger partial charge in [-0.15, -0.1) is 0 Å². The molecule has 0 saturated carbocycles. The number of carboxylic acids is 1. The summed E-state index contributed by atoms with van der Waals surface area (Å²) in [4.78, 5) is 33.0. The Morgan fingerprint density at radius 3 is 2.24 bits per heavy atom. The molecule has 0 radical (unpaired) electrons. The van der Waals surface area contributed by atoms with E-state index in [1.807, 2.05) is 0 Å². The first-order chi connectivity index (χ1) is 7.86. The Morgan fingerprint density at radius 2 is 1.82 bits per heavy atom. The maximum Gasteiger partial charge on any atom is 0.326 e. The van der Waals surface area contributed by atoms with Gasteiger partial charge in [0.2, 0.25) is 0 Å². The van der Waals surface area contributed by atoms with Crippen molar-refractivity contribution in [2.45, 2.75) is 38.8 Å². The molecular weight excluding hydrogens is 228 g/mol. The minimum atomic E-state index is -1.19. The average molecular weight is 246 g/mol. The van der Waals surface area contributed by atoms with E-state index in [-0.39, 0.29) is 18.9 Å². The van der Waals surface area contributed by atoms with E-state index in [9.17, 15) is 14.4 Å². The number of nitrogens with one attached hydrogen (secondary N) is 2. The zero-order valence-electron chi connectivity index (χ0n) is 10.1. The summed E-state index contributed by atoms with van der Waals surface area (Å²) in [6.07, 6.45) is -0.0665. The molecule has 2 amide bonds. The number of carbonyl (C=O) groups excluding carboxylic acids is 2. The number of hydrogen-bond acceptors (Lipinski definition) is 4. The molecule has 7 nitrogen and oxygen atoms in total. The number of carboxylic acid groups (broad SMARTS) is 1. The molecule has 0 saturated heterocycles. The molecule has 1 atom stereocenters. The van der Waals surface area contributed by atoms with E-state index in [0.29, 0.717) is 0 Å². The van der Waals surface area contributed by atoms with Crippen LogP contribution < -0.4 is 10.6 Å². The van der Waals surface area contributed by atoms with Gasteiger partial charge in [-0.3, -0.25) is 4.79 Å². The van der Waals surface area contributed by atoms with Crippen molar-refractivity contribution in [1.29, 1.82) is 0 Å². The van der Waals surface area contributed by atoms with Gasteiger partial charge in [-0.1, -0.05) is 0 Å². The molecule has 0 unspecified atom stereocenters. The predicted octanol–water partition coefficient (Wildman–Crippen LogP) is 0.100. The van der Waals surface area contributed by atoms with E-state index in [0.717, 1.165) is 0 Å². The first kappa shape index (κ1) is 15.2. The molecule has 0 rings (SSSR count). The maximum absolute atomic E-state index is 11.3. The van der Waals surface area contributed by atoms with E-state index in [4.69, 9.17) is 5.11 Å². The molecule has 0 aromatic rings. The highest BCUT2D eigenvalue weighted by Gasteiger charge is 2.21. The zero-order valence-corrected chi connectivity index (χ0v) is 10.1. The molecule has 0 bridgehead atoms. The molecule has 0 fully saturated rings. The quantitative estimate of drug-likeness (QED) is 0.576. The lowest BCUT2D eigenvalue weighted by Gasteiger charge is -2.15. The third kappa shape index (κ3) is 7.15. The number of esters is 1. The summed E-state index contributed by atoms with van der Waals surface area (Å²) in [7, 11) is 1.22. The van der Waals surface area contributed by atoms with Gasteiger partial charge in [0, 0.05) is 12.5 Å². The maximum atomic E-state index is 11.3. The topological polar surface area (TPSA) is 105 Å². The lowest BCUT2D eigenvalue weighted by atomic mass is 10.1. The summed E-state index contributed by atoms with van der Waals surface area (Å²) in [5.74, 6) is -1.70. The van der Waals surface area contributed by atoms with Crippen molar-refractivity contribution in [2.24, 2.45) is 0 Å². The molecule has 0 aliphatic heterocycles. The van der Waals surface area contributed by atoms with Crippen LogP contribution in [0.4, 0.5) is 4.79 Å². The first-order valence-corrected chi connectivity index (χ1v) is 5.23. The lowest BCUT2D eigenvalue weighted by Crippen LogP contribution is -2.48. The first-order valence-electron chi connectivity index (χ1n) is 5.23. The Balaban J connectivity index is 4.20. The lowest BCUT2D eigenvalue weighted by molar-refractivity contribution is -0.142. The van der Waals surface area contributed by atoms with Crippen LogP contribution in [0.2, 0.25) is 0 Å². The van der Waals surface area contributed by atoms with Crippen molar-refractivity contribution in [3.63, 3.8) is 0 Å². The van der Waals surface area contributed by atoms with Crippen molar-refractivity contribution in [3.05, 3.63) is 0 Å². The van der Waals surface area contributed by atoms with Crippen molar-refractivity contribution in [3.8, 4) is 0 Å². The molecule has 3 N–H and O–H groups in total. The van der Waals surface area contributed by atoms with Crippen LogP contribution in [-0.2, 0) is 14.3 Å². The fourth-order valence-electron chi connectivity index (χ4n) is 1.08. The van der Waals surface area contributed by atoms with Gasteiger partial charge < -0.3 is 20.5 Å². The molecular formula is C10H18N2O5. The highest BCUT2D eigenvalue weighted by atomic mass is 16.5. The average Bonchev–Trinajstić information content (AvgIpc) is 2.22. The fourth-order valence-corrected chi connectivity index (χ4v) is 1.08. The second-order valence-electron chi connectivity index (χ2n) is 3.78. The number of urea groups is 1. The highest BCUT2D eigenvalue weighted by Crippen LogP contribution is 1.99. The van der Waals surface area contributed by atoms with E-state index >= 15 is 0 Å². The van der Waals surface area contributed by atoms with Gasteiger partial charge in [0.25, 0.3) is 0 Å². The Kier molecular flexibility index (Phi) is 6.69. The zero-order chi connectivity index (χ0) is 13.4. The molecule has 98 valence electrons. The van der Waals surface area contributed by atoms with Gasteiger partial charge >= 0.3 is 18.0 Å². The van der Waals surface area contributed by atoms with Gasteiger partial charge in [-0.2, -0.15) is 0 Å². The molecule has 0 aromatic heterocycles. The molecule has 0 aliphatic carbocycles. The van der Waals surface area contributed by atoms with E-state index < -0.39 is 24.0 Å². The van der Waals surface area contributed by atoms with E-state index in [1.165, 1.54) is 7.11 Å². The summed E-state index contributed by atoms with van der Waals surface area (Å²) < 4.78 is 4.39. The Morgan fingerprint density at radius 1 is 1.24 bits per heavy atom. The van der Waals surface area contributed by atoms with E-state index in [1.54, 1.807) is 13.8 Å². The number of ether oxygens (including phenoxy) is 1. The van der Waals surface area contributed by atoms with Crippen molar-refractivity contribution >= 4 is 18.0 Å². The van der Waals surface area contributed by atoms with Crippen LogP contribution >= 0.6 is 0 Å². The summed E-state index contributed by atoms with van der Waals surface area (Å²) in [6, 6.07) is -1.77. The van der Waals surface area contributed by atoms with Gasteiger partial charge in [0.05, 0.1) is 7.11 Å². The molecule has 17 heavy (non-hydrogen) atoms. The van der Waals surface area contributed by atoms with Crippen LogP contribution in [0.15, 0.2) is 0 Å². The summed E-state index contributed by atoms with van der Waals surface area (Å²) in [6.45, 7) is 3.51. The number of hydrogen-bond donors (Lipinski definition) is 3. The Bertz CT molecular complexity index is 290. The van der Waals surface area contributed by atoms with Crippen molar-refractivity contribution < 1.29 is 24.2 Å². The molecule has 7 heteroatoms. The van der Waals surface area contributed by atoms with Gasteiger partial charge in [-0.05, 0) is 20.3 Å². The molecule has 0 aromatic carbocycles. The van der Waals surface area contributed by atoms with Crippen LogP contribution in [0.25, 0.3) is 0 Å². The summed E-state index contributed by atoms with van der Waals surface area (Å²) >= 11 is 0. The number of amides is 2. The van der Waals surface area contributed by atoms with E-state index in [2.05, 4.69) is 15.4 Å². The standard InChI is InChI=1S/C10H18N2O5/c1-6(2)11-10(16)12-7(9(14)15)4-5-8(13)17-3/h6-7H,4-5H2,1-3H3,(H,14,15)(H2,11,12,16)/t7-/m0/s1. The van der Waals surface area contributed by atoms with Crippen LogP contribution in [0.1, 0.15) is 26.7 Å². The van der Waals surface area contributed by atoms with Crippen molar-refractivity contribution in [2.75, 3.05) is 7.11 Å². The van der Waals surface area contributed by atoms with Gasteiger partial charge in [0.1, 0.15) is 6.04 Å².